The molecular weight excluding hydrogens is 433 g/mol. The van der Waals surface area contributed by atoms with Gasteiger partial charge in [-0.25, -0.2) is 0 Å². The lowest BCUT2D eigenvalue weighted by atomic mass is 9.99. The van der Waals surface area contributed by atoms with E-state index >= 15 is 0 Å². The highest BCUT2D eigenvalue weighted by molar-refractivity contribution is 6.35. The largest absolute Gasteiger partial charge is 0.264 e. The van der Waals surface area contributed by atoms with E-state index < -0.39 is 0 Å². The minimum Gasteiger partial charge on any atom is -0.264 e. The molecule has 0 aliphatic rings. The van der Waals surface area contributed by atoms with E-state index in [0.717, 1.165) is 11.1 Å². The molecule has 0 bridgehead atoms. The van der Waals surface area contributed by atoms with Gasteiger partial charge in [-0.1, -0.05) is 105 Å². The summed E-state index contributed by atoms with van der Waals surface area (Å²) in [5, 5.41) is 1.33. The second kappa shape index (κ2) is 11.3. The van der Waals surface area contributed by atoms with Crippen LogP contribution in [0.2, 0.25) is 10.0 Å². The summed E-state index contributed by atoms with van der Waals surface area (Å²) in [7, 11) is 0. The van der Waals surface area contributed by atoms with Crippen LogP contribution >= 0.6 is 23.2 Å². The molecule has 0 spiro atoms. The summed E-state index contributed by atoms with van der Waals surface area (Å²) in [5.41, 5.74) is 7.31. The molecule has 3 heteroatoms. The number of hydrogen-bond donors (Lipinski definition) is 0. The highest BCUT2D eigenvalue weighted by Gasteiger charge is 2.03. The van der Waals surface area contributed by atoms with Crippen LogP contribution in [0, 0.1) is 0 Å². The van der Waals surface area contributed by atoms with E-state index in [0.29, 0.717) is 21.9 Å². The second-order valence-electron chi connectivity index (χ2n) is 8.45. The van der Waals surface area contributed by atoms with Crippen molar-refractivity contribution in [2.24, 2.45) is 0 Å². The first-order chi connectivity index (χ1) is 15.3. The number of pyridine rings is 1. The third-order valence-corrected chi connectivity index (χ3v) is 5.78. The molecule has 0 saturated carbocycles. The van der Waals surface area contributed by atoms with E-state index in [2.05, 4.69) is 87.3 Å². The molecule has 3 aromatic carbocycles. The average molecular weight is 462 g/mol. The Kier molecular flexibility index (Phi) is 8.50. The maximum absolute atomic E-state index is 6.00. The summed E-state index contributed by atoms with van der Waals surface area (Å²) < 4.78 is 0. The van der Waals surface area contributed by atoms with Gasteiger partial charge in [-0.05, 0) is 69.5 Å². The Morgan fingerprint density at radius 1 is 0.562 bits per heavy atom. The molecule has 1 nitrogen and oxygen atoms in total. The van der Waals surface area contributed by atoms with Crippen LogP contribution in [0.5, 0.6) is 0 Å². The number of hydrogen-bond acceptors (Lipinski definition) is 1. The third kappa shape index (κ3) is 6.69. The highest BCUT2D eigenvalue weighted by atomic mass is 35.5. The van der Waals surface area contributed by atoms with Crippen molar-refractivity contribution in [2.45, 2.75) is 39.5 Å². The second-order valence-corrected chi connectivity index (χ2v) is 9.33. The Balaban J connectivity index is 0.000000182. The van der Waals surface area contributed by atoms with Crippen LogP contribution in [-0.4, -0.2) is 4.98 Å². The summed E-state index contributed by atoms with van der Waals surface area (Å²) in [5.74, 6) is 1.14. The fourth-order valence-corrected chi connectivity index (χ4v) is 3.90. The van der Waals surface area contributed by atoms with Gasteiger partial charge in [0.1, 0.15) is 0 Å². The fraction of sp³-hybridized carbons (Fsp3) is 0.207. The van der Waals surface area contributed by atoms with Gasteiger partial charge < -0.3 is 0 Å². The van der Waals surface area contributed by atoms with Crippen molar-refractivity contribution in [3.63, 3.8) is 0 Å². The van der Waals surface area contributed by atoms with Gasteiger partial charge in [0.15, 0.2) is 0 Å². The Labute approximate surface area is 202 Å². The van der Waals surface area contributed by atoms with Gasteiger partial charge in [0.2, 0.25) is 0 Å². The summed E-state index contributed by atoms with van der Waals surface area (Å²) >= 11 is 12.0. The van der Waals surface area contributed by atoms with Crippen LogP contribution in [0.15, 0.2) is 91.3 Å². The van der Waals surface area contributed by atoms with Crippen molar-refractivity contribution in [2.75, 3.05) is 0 Å². The molecule has 0 radical (unpaired) electrons. The molecule has 4 aromatic rings. The monoisotopic (exact) mass is 461 g/mol. The highest BCUT2D eigenvalue weighted by Crippen LogP contribution is 2.28. The van der Waals surface area contributed by atoms with Gasteiger partial charge in [0.05, 0.1) is 0 Å². The van der Waals surface area contributed by atoms with Crippen molar-refractivity contribution in [3.8, 4) is 22.3 Å². The predicted molar refractivity (Wildman–Crippen MR) is 140 cm³/mol. The Bertz CT molecular complexity index is 1100. The smallest absolute Gasteiger partial charge is 0.0426 e. The van der Waals surface area contributed by atoms with Gasteiger partial charge in [-0.15, -0.1) is 0 Å². The van der Waals surface area contributed by atoms with Crippen molar-refractivity contribution >= 4 is 23.2 Å². The number of aromatic nitrogens is 1. The van der Waals surface area contributed by atoms with Gasteiger partial charge in [-0.2, -0.15) is 0 Å². The van der Waals surface area contributed by atoms with Crippen LogP contribution in [0.1, 0.15) is 50.7 Å². The van der Waals surface area contributed by atoms with Crippen molar-refractivity contribution in [3.05, 3.63) is 112 Å². The maximum atomic E-state index is 6.00. The van der Waals surface area contributed by atoms with Gasteiger partial charge >= 0.3 is 0 Å². The van der Waals surface area contributed by atoms with Gasteiger partial charge in [0.25, 0.3) is 0 Å². The molecule has 0 N–H and O–H groups in total. The van der Waals surface area contributed by atoms with E-state index in [1.54, 1.807) is 12.3 Å². The van der Waals surface area contributed by atoms with E-state index in [1.165, 1.54) is 22.3 Å². The summed E-state index contributed by atoms with van der Waals surface area (Å²) in [6, 6.07) is 26.9. The molecule has 0 amide bonds. The number of benzene rings is 3. The van der Waals surface area contributed by atoms with Crippen LogP contribution in [0.4, 0.5) is 0 Å². The fourth-order valence-electron chi connectivity index (χ4n) is 3.37. The quantitative estimate of drug-likeness (QED) is 0.294. The standard InChI is InChI=1S/C15H14Cl2.C14H15N/c1-10(2)11-3-5-12(6-4-11)13-7-14(16)9-15(17)8-13;1-11(2)12-5-7-13(8-6-12)14-4-3-9-15-10-14/h3-10H,1-2H3;3-11H,1-2H3. The summed E-state index contributed by atoms with van der Waals surface area (Å²) in [4.78, 5) is 4.12. The first-order valence-electron chi connectivity index (χ1n) is 10.9. The topological polar surface area (TPSA) is 12.9 Å². The third-order valence-electron chi connectivity index (χ3n) is 5.35. The van der Waals surface area contributed by atoms with Crippen molar-refractivity contribution in [1.82, 2.24) is 4.98 Å². The minimum absolute atomic E-state index is 0.548. The zero-order valence-electron chi connectivity index (χ0n) is 19.0. The molecule has 4 rings (SSSR count). The van der Waals surface area contributed by atoms with E-state index in [1.807, 2.05) is 24.4 Å². The van der Waals surface area contributed by atoms with E-state index in [9.17, 15) is 0 Å². The Hall–Kier alpha value is -2.61. The van der Waals surface area contributed by atoms with Crippen LogP contribution < -0.4 is 0 Å². The lowest BCUT2D eigenvalue weighted by Crippen LogP contribution is -1.86. The van der Waals surface area contributed by atoms with Crippen LogP contribution in [0.3, 0.4) is 0 Å². The number of halogens is 2. The van der Waals surface area contributed by atoms with Crippen LogP contribution in [-0.2, 0) is 0 Å². The van der Waals surface area contributed by atoms with Gasteiger partial charge in [-0.3, -0.25) is 4.98 Å². The number of rotatable bonds is 4. The normalized spacial score (nSPS) is 10.8. The first kappa shape index (κ1) is 24.0. The predicted octanol–water partition coefficient (Wildman–Crippen LogP) is 9.66. The first-order valence-corrected chi connectivity index (χ1v) is 11.7. The van der Waals surface area contributed by atoms with Crippen molar-refractivity contribution < 1.29 is 0 Å². The SMILES string of the molecule is CC(C)c1ccc(-c2cc(Cl)cc(Cl)c2)cc1.CC(C)c1ccc(-c2cccnc2)cc1. The molecule has 0 aliphatic carbocycles. The van der Waals surface area contributed by atoms with Gasteiger partial charge in [0, 0.05) is 22.4 Å². The van der Waals surface area contributed by atoms with E-state index in [-0.39, 0.29) is 0 Å². The molecule has 0 fully saturated rings. The Morgan fingerprint density at radius 2 is 1.03 bits per heavy atom. The number of nitrogens with zero attached hydrogens (tertiary/aromatic N) is 1. The molecule has 0 saturated heterocycles. The molecule has 0 aliphatic heterocycles. The van der Waals surface area contributed by atoms with E-state index in [4.69, 9.17) is 23.2 Å². The van der Waals surface area contributed by atoms with Crippen LogP contribution in [0.25, 0.3) is 22.3 Å². The molecule has 0 unspecified atom stereocenters. The molecule has 164 valence electrons. The summed E-state index contributed by atoms with van der Waals surface area (Å²) in [6.07, 6.45) is 3.69. The lowest BCUT2D eigenvalue weighted by Gasteiger charge is -2.07. The summed E-state index contributed by atoms with van der Waals surface area (Å²) in [6.45, 7) is 8.79. The molecule has 1 heterocycles. The van der Waals surface area contributed by atoms with Crippen molar-refractivity contribution in [1.29, 1.82) is 0 Å². The maximum Gasteiger partial charge on any atom is 0.0426 e. The lowest BCUT2D eigenvalue weighted by molar-refractivity contribution is 0.867. The molecule has 1 aromatic heterocycles. The molecule has 32 heavy (non-hydrogen) atoms. The zero-order chi connectivity index (χ0) is 23.1. The molecular formula is C29H29Cl2N. The zero-order valence-corrected chi connectivity index (χ0v) is 20.5. The molecule has 0 atom stereocenters. The minimum atomic E-state index is 0.548. The average Bonchev–Trinajstić information content (AvgIpc) is 2.79. The Morgan fingerprint density at radius 3 is 1.44 bits per heavy atom.